The van der Waals surface area contributed by atoms with Crippen LogP contribution in [0.3, 0.4) is 0 Å². The number of hydrogen-bond acceptors (Lipinski definition) is 5. The smallest absolute Gasteiger partial charge is 0.181 e. The van der Waals surface area contributed by atoms with Gasteiger partial charge >= 0.3 is 0 Å². The zero-order chi connectivity index (χ0) is 13.6. The highest BCUT2D eigenvalue weighted by Gasteiger charge is 2.13. The number of nitrogens with two attached hydrogens (primary N) is 1. The van der Waals surface area contributed by atoms with Crippen molar-refractivity contribution >= 4 is 26.7 Å². The topological polar surface area (TPSA) is 69.6 Å². The van der Waals surface area contributed by atoms with Crippen LogP contribution >= 0.6 is 11.3 Å². The number of rotatable bonds is 2. The maximum Gasteiger partial charge on any atom is 0.181 e. The second-order valence-corrected chi connectivity index (χ2v) is 5.87. The Morgan fingerprint density at radius 3 is 2.74 bits per heavy atom. The lowest BCUT2D eigenvalue weighted by Crippen LogP contribution is -1.95. The van der Waals surface area contributed by atoms with Crippen LogP contribution in [0.25, 0.3) is 21.6 Å². The van der Waals surface area contributed by atoms with Crippen LogP contribution in [-0.2, 0) is 7.05 Å². The lowest BCUT2D eigenvalue weighted by Gasteiger charge is -1.99. The van der Waals surface area contributed by atoms with Crippen LogP contribution in [0.2, 0.25) is 0 Å². The molecule has 0 spiro atoms. The van der Waals surface area contributed by atoms with Crippen LogP contribution in [0.1, 0.15) is 25.6 Å². The van der Waals surface area contributed by atoms with Gasteiger partial charge in [-0.1, -0.05) is 25.2 Å². The summed E-state index contributed by atoms with van der Waals surface area (Å²) in [5.41, 5.74) is 7.70. The third-order valence-corrected chi connectivity index (χ3v) is 3.81. The van der Waals surface area contributed by atoms with Gasteiger partial charge in [0.2, 0.25) is 0 Å². The summed E-state index contributed by atoms with van der Waals surface area (Å²) in [6, 6.07) is 6.05. The average molecular weight is 273 g/mol. The average Bonchev–Trinajstić information content (AvgIpc) is 2.90. The van der Waals surface area contributed by atoms with Crippen molar-refractivity contribution in [3.05, 3.63) is 24.0 Å². The van der Waals surface area contributed by atoms with Gasteiger partial charge in [-0.2, -0.15) is 5.10 Å². The number of anilines is 1. The first kappa shape index (κ1) is 12.1. The van der Waals surface area contributed by atoms with Crippen molar-refractivity contribution in [3.8, 4) is 11.4 Å². The third kappa shape index (κ3) is 2.08. The van der Waals surface area contributed by atoms with E-state index in [-0.39, 0.29) is 0 Å². The molecule has 0 aliphatic carbocycles. The first-order valence-corrected chi connectivity index (χ1v) is 6.93. The van der Waals surface area contributed by atoms with E-state index in [1.165, 1.54) is 11.3 Å². The van der Waals surface area contributed by atoms with E-state index in [1.807, 2.05) is 23.9 Å². The van der Waals surface area contributed by atoms with Crippen molar-refractivity contribution in [2.24, 2.45) is 7.05 Å². The largest absolute Gasteiger partial charge is 0.375 e. The van der Waals surface area contributed by atoms with Crippen LogP contribution in [0, 0.1) is 0 Å². The Bertz CT molecular complexity index is 741. The number of nitrogen functional groups attached to an aromatic ring is 1. The van der Waals surface area contributed by atoms with Crippen LogP contribution in [0.5, 0.6) is 0 Å². The molecule has 0 amide bonds. The third-order valence-electron chi connectivity index (χ3n) is 2.96. The SMILES string of the molecule is CC(C)c1nc(-c2ccc3nc(N)sc3c2)n(C)n1. The molecule has 2 heterocycles. The second kappa shape index (κ2) is 4.31. The molecule has 3 aromatic rings. The molecule has 6 heteroatoms. The lowest BCUT2D eigenvalue weighted by atomic mass is 10.2. The van der Waals surface area contributed by atoms with Gasteiger partial charge in [-0.05, 0) is 18.2 Å². The second-order valence-electron chi connectivity index (χ2n) is 4.81. The Balaban J connectivity index is 2.12. The summed E-state index contributed by atoms with van der Waals surface area (Å²) in [5.74, 6) is 2.06. The Morgan fingerprint density at radius 2 is 2.05 bits per heavy atom. The zero-order valence-corrected chi connectivity index (χ0v) is 11.9. The van der Waals surface area contributed by atoms with E-state index in [0.29, 0.717) is 11.0 Å². The zero-order valence-electron chi connectivity index (χ0n) is 11.1. The number of nitrogens with zero attached hydrogens (tertiary/aromatic N) is 4. The Kier molecular flexibility index (Phi) is 2.74. The van der Waals surface area contributed by atoms with Gasteiger partial charge in [0.15, 0.2) is 16.8 Å². The van der Waals surface area contributed by atoms with E-state index >= 15 is 0 Å². The quantitative estimate of drug-likeness (QED) is 0.779. The van der Waals surface area contributed by atoms with Crippen LogP contribution in [-0.4, -0.2) is 19.7 Å². The van der Waals surface area contributed by atoms with Gasteiger partial charge in [0.25, 0.3) is 0 Å². The Hall–Kier alpha value is -1.95. The first-order valence-electron chi connectivity index (χ1n) is 6.12. The minimum Gasteiger partial charge on any atom is -0.375 e. The van der Waals surface area contributed by atoms with Gasteiger partial charge in [0.05, 0.1) is 10.2 Å². The maximum atomic E-state index is 5.73. The molecule has 0 unspecified atom stereocenters. The van der Waals surface area contributed by atoms with Crippen molar-refractivity contribution in [3.63, 3.8) is 0 Å². The summed E-state index contributed by atoms with van der Waals surface area (Å²) in [6.45, 7) is 4.18. The molecule has 0 fully saturated rings. The fourth-order valence-electron chi connectivity index (χ4n) is 1.98. The van der Waals surface area contributed by atoms with Gasteiger partial charge in [0, 0.05) is 18.5 Å². The Labute approximate surface area is 115 Å². The van der Waals surface area contributed by atoms with Crippen LogP contribution in [0.4, 0.5) is 5.13 Å². The van der Waals surface area contributed by atoms with Crippen LogP contribution in [0.15, 0.2) is 18.2 Å². The number of aromatic nitrogens is 4. The van der Waals surface area contributed by atoms with Gasteiger partial charge in [0.1, 0.15) is 0 Å². The molecule has 2 N–H and O–H groups in total. The van der Waals surface area contributed by atoms with Gasteiger partial charge in [-0.3, -0.25) is 0 Å². The van der Waals surface area contributed by atoms with E-state index in [0.717, 1.165) is 27.4 Å². The van der Waals surface area contributed by atoms with E-state index in [9.17, 15) is 0 Å². The predicted octanol–water partition coefficient (Wildman–Crippen LogP) is 2.80. The van der Waals surface area contributed by atoms with Crippen LogP contribution < -0.4 is 5.73 Å². The normalized spacial score (nSPS) is 11.6. The summed E-state index contributed by atoms with van der Waals surface area (Å²) < 4.78 is 2.89. The Morgan fingerprint density at radius 1 is 1.26 bits per heavy atom. The standard InChI is InChI=1S/C13H15N5S/c1-7(2)11-16-12(18(3)17-11)8-4-5-9-10(6-8)19-13(14)15-9/h4-7H,1-3H3,(H2,14,15). The van der Waals surface area contributed by atoms with E-state index in [4.69, 9.17) is 5.73 Å². The van der Waals surface area contributed by atoms with Gasteiger partial charge in [-0.25, -0.2) is 14.6 Å². The fraction of sp³-hybridized carbons (Fsp3) is 0.308. The summed E-state index contributed by atoms with van der Waals surface area (Å²) in [5, 5.41) is 5.03. The van der Waals surface area contributed by atoms with Gasteiger partial charge < -0.3 is 5.73 Å². The summed E-state index contributed by atoms with van der Waals surface area (Å²) in [6.07, 6.45) is 0. The molecule has 0 radical (unpaired) electrons. The predicted molar refractivity (Wildman–Crippen MR) is 78.1 cm³/mol. The summed E-state index contributed by atoms with van der Waals surface area (Å²) in [7, 11) is 1.92. The van der Waals surface area contributed by atoms with Crippen molar-refractivity contribution < 1.29 is 0 Å². The molecule has 0 saturated carbocycles. The molecule has 0 aliphatic heterocycles. The van der Waals surface area contributed by atoms with Crippen molar-refractivity contribution in [2.45, 2.75) is 19.8 Å². The van der Waals surface area contributed by atoms with E-state index in [1.54, 1.807) is 0 Å². The fourth-order valence-corrected chi connectivity index (χ4v) is 2.76. The van der Waals surface area contributed by atoms with Crippen molar-refractivity contribution in [1.29, 1.82) is 0 Å². The highest BCUT2D eigenvalue weighted by atomic mass is 32.1. The minimum atomic E-state index is 0.322. The van der Waals surface area contributed by atoms with Gasteiger partial charge in [-0.15, -0.1) is 0 Å². The van der Waals surface area contributed by atoms with Crippen molar-refractivity contribution in [2.75, 3.05) is 5.73 Å². The maximum absolute atomic E-state index is 5.73. The summed E-state index contributed by atoms with van der Waals surface area (Å²) in [4.78, 5) is 8.86. The number of fused-ring (bicyclic) bond motifs is 1. The molecular weight excluding hydrogens is 258 g/mol. The minimum absolute atomic E-state index is 0.322. The molecular formula is C13H15N5S. The highest BCUT2D eigenvalue weighted by Crippen LogP contribution is 2.28. The van der Waals surface area contributed by atoms with E-state index < -0.39 is 0 Å². The monoisotopic (exact) mass is 273 g/mol. The molecule has 0 saturated heterocycles. The number of benzene rings is 1. The highest BCUT2D eigenvalue weighted by molar-refractivity contribution is 7.22. The number of aryl methyl sites for hydroxylation is 1. The summed E-state index contributed by atoms with van der Waals surface area (Å²) >= 11 is 1.49. The molecule has 2 aromatic heterocycles. The number of thiazole rings is 1. The van der Waals surface area contributed by atoms with E-state index in [2.05, 4.69) is 35.0 Å². The first-order chi connectivity index (χ1) is 9.04. The molecule has 1 aromatic carbocycles. The number of hydrogen-bond donors (Lipinski definition) is 1. The molecule has 0 atom stereocenters. The lowest BCUT2D eigenvalue weighted by molar-refractivity contribution is 0.712. The van der Waals surface area contributed by atoms with Crippen molar-refractivity contribution in [1.82, 2.24) is 19.7 Å². The molecule has 0 aliphatic rings. The molecule has 3 rings (SSSR count). The molecule has 5 nitrogen and oxygen atoms in total. The molecule has 98 valence electrons. The molecule has 0 bridgehead atoms. The molecule has 19 heavy (non-hydrogen) atoms.